The number of ether oxygens (including phenoxy) is 1. The Morgan fingerprint density at radius 1 is 1.44 bits per heavy atom. The van der Waals surface area contributed by atoms with Crippen LogP contribution >= 0.6 is 0 Å². The Morgan fingerprint density at radius 2 is 2.12 bits per heavy atom. The molecule has 0 heterocycles. The lowest BCUT2D eigenvalue weighted by atomic mass is 10.2. The van der Waals surface area contributed by atoms with Crippen molar-refractivity contribution in [2.75, 3.05) is 13.2 Å². The second-order valence-electron chi connectivity index (χ2n) is 2.84. The number of nitriles is 1. The molecule has 0 aromatic carbocycles. The monoisotopic (exact) mass is 249 g/mol. The molecule has 0 atom stereocenters. The first-order chi connectivity index (χ1) is 7.52. The number of unbranched alkanes of at least 4 members (excludes halogenated alkanes) is 2. The number of nitrogens with one attached hydrogen (secondary N) is 2. The van der Waals surface area contributed by atoms with Gasteiger partial charge in [0.15, 0.2) is 0 Å². The van der Waals surface area contributed by atoms with Crippen LogP contribution in [0.5, 0.6) is 0 Å². The third kappa shape index (κ3) is 8.02. The molecule has 0 rings (SSSR count). The minimum absolute atomic E-state index is 0.101. The van der Waals surface area contributed by atoms with E-state index in [1.165, 1.54) is 0 Å². The van der Waals surface area contributed by atoms with E-state index in [0.717, 1.165) is 0 Å². The molecule has 1 amide bonds. The topological polar surface area (TPSA) is 108 Å². The molecule has 0 radical (unpaired) electrons. The Labute approximate surface area is 95.0 Å². The van der Waals surface area contributed by atoms with Crippen LogP contribution in [0, 0.1) is 11.3 Å². The summed E-state index contributed by atoms with van der Waals surface area (Å²) in [5, 5.41) is 8.24. The van der Waals surface area contributed by atoms with Crippen molar-refractivity contribution in [1.29, 1.82) is 5.26 Å². The van der Waals surface area contributed by atoms with Gasteiger partial charge in [0.25, 0.3) is 0 Å². The Morgan fingerprint density at radius 3 is 2.69 bits per heavy atom. The molecule has 0 saturated carbocycles. The minimum Gasteiger partial charge on any atom is -0.449 e. The first-order valence-corrected chi connectivity index (χ1v) is 6.31. The number of carbonyl (C=O) groups excluding carboxylic acids is 1. The molecule has 0 unspecified atom stereocenters. The van der Waals surface area contributed by atoms with Crippen molar-refractivity contribution >= 4 is 16.3 Å². The summed E-state index contributed by atoms with van der Waals surface area (Å²) < 4.78 is 30.6. The largest absolute Gasteiger partial charge is 0.449 e. The summed E-state index contributed by atoms with van der Waals surface area (Å²) in [6.45, 7) is 1.85. The zero-order valence-electron chi connectivity index (χ0n) is 9.02. The van der Waals surface area contributed by atoms with Gasteiger partial charge in [0.1, 0.15) is 0 Å². The van der Waals surface area contributed by atoms with Crippen LogP contribution in [-0.4, -0.2) is 27.7 Å². The van der Waals surface area contributed by atoms with Gasteiger partial charge in [-0.1, -0.05) is 0 Å². The van der Waals surface area contributed by atoms with Crippen molar-refractivity contribution in [3.05, 3.63) is 0 Å². The molecular formula is C8H15N3O4S. The lowest BCUT2D eigenvalue weighted by molar-refractivity contribution is 0.158. The summed E-state index contributed by atoms with van der Waals surface area (Å²) >= 11 is 0. The average Bonchev–Trinajstić information content (AvgIpc) is 2.16. The zero-order valence-corrected chi connectivity index (χ0v) is 9.84. The van der Waals surface area contributed by atoms with Crippen LogP contribution in [-0.2, 0) is 14.9 Å². The fraction of sp³-hybridized carbons (Fsp3) is 0.750. The highest BCUT2D eigenvalue weighted by atomic mass is 32.2. The molecule has 0 fully saturated rings. The molecule has 0 saturated heterocycles. The van der Waals surface area contributed by atoms with Gasteiger partial charge in [0, 0.05) is 13.0 Å². The number of nitrogens with zero attached hydrogens (tertiary/aromatic N) is 1. The van der Waals surface area contributed by atoms with Crippen molar-refractivity contribution in [3.8, 4) is 6.07 Å². The van der Waals surface area contributed by atoms with Gasteiger partial charge in [0.05, 0.1) is 12.7 Å². The molecule has 0 aromatic heterocycles. The lowest BCUT2D eigenvalue weighted by Crippen LogP contribution is -2.40. The summed E-state index contributed by atoms with van der Waals surface area (Å²) in [5.41, 5.74) is 0. The molecule has 7 nitrogen and oxygen atoms in total. The standard InChI is InChI=1S/C8H15N3O4S/c1-2-15-8(12)11-16(13,14)10-7-5-3-4-6-9/h10H,2-5,7H2,1H3,(H,11,12). The molecular weight excluding hydrogens is 234 g/mol. The molecule has 92 valence electrons. The maximum absolute atomic E-state index is 11.2. The van der Waals surface area contributed by atoms with Crippen LogP contribution in [0.25, 0.3) is 0 Å². The fourth-order valence-corrected chi connectivity index (χ4v) is 1.61. The molecule has 0 aliphatic heterocycles. The predicted octanol–water partition coefficient (Wildman–Crippen LogP) is 0.261. The lowest BCUT2D eigenvalue weighted by Gasteiger charge is -2.07. The van der Waals surface area contributed by atoms with E-state index < -0.39 is 16.3 Å². The van der Waals surface area contributed by atoms with Crippen LogP contribution in [0.3, 0.4) is 0 Å². The molecule has 0 aliphatic rings. The van der Waals surface area contributed by atoms with E-state index in [4.69, 9.17) is 5.26 Å². The smallest absolute Gasteiger partial charge is 0.421 e. The Bertz CT molecular complexity index is 347. The van der Waals surface area contributed by atoms with Gasteiger partial charge in [-0.15, -0.1) is 0 Å². The maximum atomic E-state index is 11.2. The van der Waals surface area contributed by atoms with E-state index in [1.54, 1.807) is 11.6 Å². The second-order valence-corrected chi connectivity index (χ2v) is 4.34. The summed E-state index contributed by atoms with van der Waals surface area (Å²) in [6.07, 6.45) is 0.523. The molecule has 0 aromatic rings. The zero-order chi connectivity index (χ0) is 12.4. The van der Waals surface area contributed by atoms with Gasteiger partial charge >= 0.3 is 16.3 Å². The van der Waals surface area contributed by atoms with Crippen molar-refractivity contribution in [2.45, 2.75) is 26.2 Å². The average molecular weight is 249 g/mol. The van der Waals surface area contributed by atoms with E-state index in [9.17, 15) is 13.2 Å². The number of carbonyl (C=O) groups is 1. The van der Waals surface area contributed by atoms with Crippen LogP contribution < -0.4 is 9.44 Å². The third-order valence-corrected chi connectivity index (χ3v) is 2.52. The van der Waals surface area contributed by atoms with Gasteiger partial charge in [-0.2, -0.15) is 18.4 Å². The van der Waals surface area contributed by atoms with E-state index in [2.05, 4.69) is 9.46 Å². The van der Waals surface area contributed by atoms with Gasteiger partial charge in [-0.05, 0) is 19.8 Å². The highest BCUT2D eigenvalue weighted by Crippen LogP contribution is 1.92. The number of hydrogen-bond acceptors (Lipinski definition) is 5. The van der Waals surface area contributed by atoms with Gasteiger partial charge < -0.3 is 4.74 Å². The van der Waals surface area contributed by atoms with E-state index >= 15 is 0 Å². The van der Waals surface area contributed by atoms with Crippen molar-refractivity contribution < 1.29 is 17.9 Å². The molecule has 0 aliphatic carbocycles. The highest BCUT2D eigenvalue weighted by Gasteiger charge is 2.13. The first kappa shape index (κ1) is 14.7. The fourth-order valence-electron chi connectivity index (χ4n) is 0.842. The SMILES string of the molecule is CCOC(=O)NS(=O)(=O)NCCCCC#N. The number of hydrogen-bond donors (Lipinski definition) is 2. The van der Waals surface area contributed by atoms with Crippen LogP contribution in [0.2, 0.25) is 0 Å². The van der Waals surface area contributed by atoms with Gasteiger partial charge in [-0.3, -0.25) is 0 Å². The van der Waals surface area contributed by atoms with E-state index in [1.807, 2.05) is 6.07 Å². The minimum atomic E-state index is -3.85. The molecule has 16 heavy (non-hydrogen) atoms. The number of rotatable bonds is 7. The number of amides is 1. The third-order valence-electron chi connectivity index (χ3n) is 1.50. The normalized spacial score (nSPS) is 10.5. The van der Waals surface area contributed by atoms with Gasteiger partial charge in [-0.25, -0.2) is 9.52 Å². The van der Waals surface area contributed by atoms with Crippen molar-refractivity contribution in [2.24, 2.45) is 0 Å². The van der Waals surface area contributed by atoms with Crippen molar-refractivity contribution in [3.63, 3.8) is 0 Å². The Balaban J connectivity index is 3.80. The molecule has 0 spiro atoms. The summed E-state index contributed by atoms with van der Waals surface area (Å²) in [5.74, 6) is 0. The van der Waals surface area contributed by atoms with E-state index in [-0.39, 0.29) is 13.2 Å². The molecule has 2 N–H and O–H groups in total. The molecule has 0 bridgehead atoms. The van der Waals surface area contributed by atoms with Gasteiger partial charge in [0.2, 0.25) is 0 Å². The summed E-state index contributed by atoms with van der Waals surface area (Å²) in [4.78, 5) is 10.8. The van der Waals surface area contributed by atoms with Crippen LogP contribution in [0.4, 0.5) is 4.79 Å². The quantitative estimate of drug-likeness (QED) is 0.629. The van der Waals surface area contributed by atoms with Crippen LogP contribution in [0.1, 0.15) is 26.2 Å². The first-order valence-electron chi connectivity index (χ1n) is 4.83. The van der Waals surface area contributed by atoms with E-state index in [0.29, 0.717) is 19.3 Å². The maximum Gasteiger partial charge on any atom is 0.421 e. The Kier molecular flexibility index (Phi) is 7.24. The summed E-state index contributed by atoms with van der Waals surface area (Å²) in [6, 6.07) is 1.95. The predicted molar refractivity (Wildman–Crippen MR) is 56.5 cm³/mol. The van der Waals surface area contributed by atoms with Crippen LogP contribution in [0.15, 0.2) is 0 Å². The summed E-state index contributed by atoms with van der Waals surface area (Å²) in [7, 11) is -3.85. The Hall–Kier alpha value is -1.33. The van der Waals surface area contributed by atoms with Crippen molar-refractivity contribution in [1.82, 2.24) is 9.44 Å². The second kappa shape index (κ2) is 7.90. The highest BCUT2D eigenvalue weighted by molar-refractivity contribution is 7.88. The molecule has 8 heteroatoms.